The lowest BCUT2D eigenvalue weighted by Crippen LogP contribution is -2.63. The van der Waals surface area contributed by atoms with E-state index in [0.717, 1.165) is 65.8 Å². The molecular weight excluding hydrogens is 510 g/mol. The maximum Gasteiger partial charge on any atom is 0.410 e. The number of fused-ring (bicyclic) bond motifs is 6. The Bertz CT molecular complexity index is 1490. The molecule has 1 atom stereocenters. The van der Waals surface area contributed by atoms with E-state index in [-0.39, 0.29) is 23.3 Å². The molecule has 5 aliphatic rings. The second-order valence-corrected chi connectivity index (χ2v) is 12.5. The van der Waals surface area contributed by atoms with Crippen LogP contribution in [0.1, 0.15) is 58.9 Å². The minimum Gasteiger partial charge on any atom is -0.445 e. The van der Waals surface area contributed by atoms with Gasteiger partial charge in [0.2, 0.25) is 0 Å². The van der Waals surface area contributed by atoms with E-state index in [1.54, 1.807) is 16.2 Å². The molecule has 2 saturated heterocycles. The highest BCUT2D eigenvalue weighted by Gasteiger charge is 2.53. The molecule has 3 fully saturated rings. The number of carbonyl (C=O) groups is 1. The van der Waals surface area contributed by atoms with Gasteiger partial charge in [0.1, 0.15) is 28.1 Å². The third kappa shape index (κ3) is 3.23. The average molecular weight is 536 g/mol. The molecule has 1 amide bonds. The lowest BCUT2D eigenvalue weighted by Gasteiger charge is -2.46. The Morgan fingerprint density at radius 3 is 2.78 bits per heavy atom. The summed E-state index contributed by atoms with van der Waals surface area (Å²) < 4.78 is 14.1. The number of nitrogens with zero attached hydrogens (tertiary/aromatic N) is 5. The van der Waals surface area contributed by atoms with Gasteiger partial charge in [-0.25, -0.2) is 4.79 Å². The van der Waals surface area contributed by atoms with Gasteiger partial charge < -0.3 is 14.4 Å². The van der Waals surface area contributed by atoms with Crippen LogP contribution in [0.4, 0.5) is 4.79 Å². The van der Waals surface area contributed by atoms with Crippen molar-refractivity contribution in [2.45, 2.75) is 62.7 Å². The summed E-state index contributed by atoms with van der Waals surface area (Å²) in [4.78, 5) is 21.3. The number of hydrogen-bond acceptors (Lipinski definition) is 7. The van der Waals surface area contributed by atoms with Crippen molar-refractivity contribution in [3.05, 3.63) is 62.5 Å². The lowest BCUT2D eigenvalue weighted by atomic mass is 9.91. The van der Waals surface area contributed by atoms with Crippen molar-refractivity contribution in [1.82, 2.24) is 19.7 Å². The molecule has 0 bridgehead atoms. The first kappa shape index (κ1) is 22.3. The van der Waals surface area contributed by atoms with E-state index in [4.69, 9.17) is 26.1 Å². The van der Waals surface area contributed by atoms with E-state index in [0.29, 0.717) is 31.0 Å². The number of ether oxygens (including phenoxy) is 2. The number of likely N-dealkylation sites (tertiary alicyclic amines) is 1. The fraction of sp³-hybridized carbons (Fsp3) is 0.481. The van der Waals surface area contributed by atoms with Gasteiger partial charge in [0, 0.05) is 40.5 Å². The third-order valence-corrected chi connectivity index (χ3v) is 10.0. The number of aryl methyl sites for hydroxylation is 1. The molecule has 2 aromatic heterocycles. The number of amides is 1. The lowest BCUT2D eigenvalue weighted by molar-refractivity contribution is -0.105. The van der Waals surface area contributed by atoms with Crippen molar-refractivity contribution in [3.8, 4) is 5.00 Å². The summed E-state index contributed by atoms with van der Waals surface area (Å²) in [6.07, 6.45) is 4.92. The summed E-state index contributed by atoms with van der Waals surface area (Å²) in [6.45, 7) is 4.06. The van der Waals surface area contributed by atoms with Gasteiger partial charge in [0.25, 0.3) is 0 Å². The van der Waals surface area contributed by atoms with Gasteiger partial charge in [0.15, 0.2) is 5.82 Å². The summed E-state index contributed by atoms with van der Waals surface area (Å²) in [7, 11) is 0. The first-order valence-electron chi connectivity index (χ1n) is 13.0. The zero-order valence-corrected chi connectivity index (χ0v) is 22.1. The fourth-order valence-corrected chi connectivity index (χ4v) is 8.07. The summed E-state index contributed by atoms with van der Waals surface area (Å²) in [5.74, 6) is 1.78. The second kappa shape index (κ2) is 7.65. The van der Waals surface area contributed by atoms with E-state index in [2.05, 4.69) is 14.8 Å². The van der Waals surface area contributed by atoms with Crippen molar-refractivity contribution in [3.63, 3.8) is 0 Å². The molecule has 2 aliphatic carbocycles. The number of aliphatic imine (C=N–C) groups is 1. The first-order chi connectivity index (χ1) is 18.0. The predicted molar refractivity (Wildman–Crippen MR) is 139 cm³/mol. The number of hydrogen-bond donors (Lipinski definition) is 0. The molecule has 8 rings (SSSR count). The smallest absolute Gasteiger partial charge is 0.410 e. The molecule has 1 aromatic carbocycles. The molecule has 37 heavy (non-hydrogen) atoms. The van der Waals surface area contributed by atoms with Crippen LogP contribution >= 0.6 is 22.9 Å². The molecule has 0 N–H and O–H groups in total. The van der Waals surface area contributed by atoms with Crippen molar-refractivity contribution in [2.24, 2.45) is 4.99 Å². The maximum absolute atomic E-state index is 12.9. The van der Waals surface area contributed by atoms with E-state index < -0.39 is 0 Å². The van der Waals surface area contributed by atoms with Crippen LogP contribution in [0.5, 0.6) is 0 Å². The molecule has 8 nitrogen and oxygen atoms in total. The molecule has 3 aliphatic heterocycles. The second-order valence-electron chi connectivity index (χ2n) is 11.0. The van der Waals surface area contributed by atoms with Crippen LogP contribution in [0.3, 0.4) is 0 Å². The van der Waals surface area contributed by atoms with Crippen LogP contribution in [-0.4, -0.2) is 62.9 Å². The molecular formula is C27H26ClN5O3S. The third-order valence-electron chi connectivity index (χ3n) is 8.45. The zero-order valence-electron chi connectivity index (χ0n) is 20.5. The van der Waals surface area contributed by atoms with Gasteiger partial charge in [0.05, 0.1) is 18.8 Å². The molecule has 0 unspecified atom stereocenters. The van der Waals surface area contributed by atoms with E-state index in [1.807, 2.05) is 31.2 Å². The van der Waals surface area contributed by atoms with E-state index in [9.17, 15) is 4.79 Å². The highest BCUT2D eigenvalue weighted by molar-refractivity contribution is 7.15. The van der Waals surface area contributed by atoms with Crippen LogP contribution < -0.4 is 0 Å². The number of benzene rings is 1. The standard InChI is InChI=1S/C27H26ClN5O3S/c1-15-30-31-24-27(8-9-27)29-22(17-5-2-3-6-19(17)28)21-18-11-16(12-20(18)37-23(21)33(15)24)36-25(34)32-13-26(14-32)7-4-10-35-26/h2-3,5-6,16H,4,7-14H2,1H3/t16-/m0/s1. The van der Waals surface area contributed by atoms with Gasteiger partial charge in [-0.1, -0.05) is 29.8 Å². The molecule has 190 valence electrons. The van der Waals surface area contributed by atoms with Gasteiger partial charge in [-0.05, 0) is 44.2 Å². The SMILES string of the molecule is Cc1nnc2n1-c1sc3c(c1C(c1ccccc1Cl)=NC21CC1)C[C@H](OC(=O)N1CC2(CCCO2)C1)C3. The van der Waals surface area contributed by atoms with Crippen molar-refractivity contribution < 1.29 is 14.3 Å². The number of halogens is 1. The Morgan fingerprint density at radius 1 is 1.19 bits per heavy atom. The molecule has 0 radical (unpaired) electrons. The van der Waals surface area contributed by atoms with Crippen LogP contribution in [0.2, 0.25) is 5.02 Å². The largest absolute Gasteiger partial charge is 0.445 e. The van der Waals surface area contributed by atoms with Crippen molar-refractivity contribution in [1.29, 1.82) is 0 Å². The molecule has 10 heteroatoms. The van der Waals surface area contributed by atoms with Crippen LogP contribution in [0, 0.1) is 6.92 Å². The topological polar surface area (TPSA) is 81.8 Å². The minimum atomic E-state index is -0.359. The first-order valence-corrected chi connectivity index (χ1v) is 14.2. The summed E-state index contributed by atoms with van der Waals surface area (Å²) in [5.41, 5.74) is 3.64. The number of aromatic nitrogens is 3. The maximum atomic E-state index is 12.9. The Balaban J connectivity index is 1.15. The fourth-order valence-electron chi connectivity index (χ4n) is 6.40. The minimum absolute atomic E-state index is 0.127. The Hall–Kier alpha value is -2.75. The molecule has 3 aromatic rings. The highest BCUT2D eigenvalue weighted by Crippen LogP contribution is 2.54. The molecule has 2 spiro atoms. The van der Waals surface area contributed by atoms with E-state index in [1.165, 1.54) is 10.4 Å². The number of thiophene rings is 1. The number of carbonyl (C=O) groups excluding carboxylic acids is 1. The number of rotatable bonds is 2. The van der Waals surface area contributed by atoms with Gasteiger partial charge in [-0.2, -0.15) is 0 Å². The Labute approximate surface area is 223 Å². The van der Waals surface area contributed by atoms with Crippen molar-refractivity contribution in [2.75, 3.05) is 19.7 Å². The molecule has 5 heterocycles. The summed E-state index contributed by atoms with van der Waals surface area (Å²) in [6, 6.07) is 7.91. The van der Waals surface area contributed by atoms with Crippen molar-refractivity contribution >= 4 is 34.7 Å². The average Bonchev–Trinajstić information content (AvgIpc) is 3.21. The Kier molecular flexibility index (Phi) is 4.60. The Morgan fingerprint density at radius 2 is 2.03 bits per heavy atom. The summed E-state index contributed by atoms with van der Waals surface area (Å²) >= 11 is 8.47. The van der Waals surface area contributed by atoms with Crippen LogP contribution in [0.25, 0.3) is 5.00 Å². The predicted octanol–water partition coefficient (Wildman–Crippen LogP) is 4.60. The monoisotopic (exact) mass is 535 g/mol. The zero-order chi connectivity index (χ0) is 24.9. The quantitative estimate of drug-likeness (QED) is 0.479. The van der Waals surface area contributed by atoms with Gasteiger partial charge in [-0.15, -0.1) is 21.5 Å². The normalized spacial score (nSPS) is 23.8. The van der Waals surface area contributed by atoms with Crippen LogP contribution in [-0.2, 0) is 27.9 Å². The summed E-state index contributed by atoms with van der Waals surface area (Å²) in [5, 5.41) is 10.8. The van der Waals surface area contributed by atoms with Gasteiger partial charge in [-0.3, -0.25) is 9.56 Å². The highest BCUT2D eigenvalue weighted by atomic mass is 35.5. The van der Waals surface area contributed by atoms with Gasteiger partial charge >= 0.3 is 6.09 Å². The van der Waals surface area contributed by atoms with Crippen LogP contribution in [0.15, 0.2) is 29.3 Å². The molecule has 1 saturated carbocycles. The van der Waals surface area contributed by atoms with E-state index >= 15 is 0 Å².